The van der Waals surface area contributed by atoms with Crippen LogP contribution in [-0.4, -0.2) is 14.1 Å². The molecule has 0 unspecified atom stereocenters. The molecule has 0 aliphatic carbocycles. The molecule has 0 spiro atoms. The fraction of sp³-hybridized carbons (Fsp3) is 0.571. The van der Waals surface area contributed by atoms with Gasteiger partial charge in [-0.3, -0.25) is 0 Å². The summed E-state index contributed by atoms with van der Waals surface area (Å²) in [6.07, 6.45) is 0.350. The molecule has 0 amide bonds. The van der Waals surface area contributed by atoms with Crippen LogP contribution >= 0.6 is 0 Å². The van der Waals surface area contributed by atoms with E-state index in [1.54, 1.807) is 13.8 Å². The van der Waals surface area contributed by atoms with Crippen LogP contribution in [0.25, 0.3) is 0 Å². The van der Waals surface area contributed by atoms with Gasteiger partial charge in [0.15, 0.2) is 5.76 Å². The van der Waals surface area contributed by atoms with Crippen molar-refractivity contribution in [1.82, 2.24) is 0 Å². The van der Waals surface area contributed by atoms with Crippen molar-refractivity contribution in [2.45, 2.75) is 26.7 Å². The van der Waals surface area contributed by atoms with E-state index in [2.05, 4.69) is 5.16 Å². The fourth-order valence-corrected chi connectivity index (χ4v) is 1.81. The molecule has 4 nitrogen and oxygen atoms in total. The molecule has 0 N–H and O–H groups in total. The Labute approximate surface area is 76.3 Å². The molecule has 1 aliphatic heterocycles. The minimum absolute atomic E-state index is 0.0803. The zero-order valence-electron chi connectivity index (χ0n) is 7.37. The normalized spacial score (nSPS) is 21.0. The minimum atomic E-state index is -4.64. The Balaban J connectivity index is 3.04. The molecular weight excluding hydrogens is 197 g/mol. The Morgan fingerprint density at radius 1 is 1.69 bits per heavy atom. The lowest BCUT2D eigenvalue weighted by Gasteiger charge is -2.01. The predicted molar refractivity (Wildman–Crippen MR) is 46.2 cm³/mol. The van der Waals surface area contributed by atoms with Gasteiger partial charge in [0, 0.05) is 0 Å². The van der Waals surface area contributed by atoms with Crippen molar-refractivity contribution in [3.05, 3.63) is 10.7 Å². The van der Waals surface area contributed by atoms with Crippen LogP contribution in [0.15, 0.2) is 15.8 Å². The molecule has 1 aliphatic rings. The van der Waals surface area contributed by atoms with Crippen LogP contribution in [-0.2, 0) is 15.1 Å². The van der Waals surface area contributed by atoms with Crippen LogP contribution in [0, 0.1) is 0 Å². The number of nitrogens with zero attached hydrogens (tertiary/aromatic N) is 1. The van der Waals surface area contributed by atoms with Gasteiger partial charge in [-0.05, 0) is 13.3 Å². The van der Waals surface area contributed by atoms with E-state index in [1.807, 2.05) is 0 Å². The topological polar surface area (TPSA) is 55.7 Å². The summed E-state index contributed by atoms with van der Waals surface area (Å²) in [5.41, 5.74) is 0.643. The summed E-state index contributed by atoms with van der Waals surface area (Å²) in [5, 5.41) is 3.53. The minimum Gasteiger partial charge on any atom is -0.360 e. The summed E-state index contributed by atoms with van der Waals surface area (Å²) >= 11 is 0. The first-order valence-electron chi connectivity index (χ1n) is 3.82. The zero-order valence-corrected chi connectivity index (χ0v) is 8.19. The van der Waals surface area contributed by atoms with Crippen LogP contribution in [0.5, 0.6) is 0 Å². The molecule has 0 saturated heterocycles. The molecule has 0 aromatic rings. The molecule has 6 heteroatoms. The van der Waals surface area contributed by atoms with Crippen molar-refractivity contribution in [3.63, 3.8) is 0 Å². The Morgan fingerprint density at radius 2 is 2.31 bits per heavy atom. The highest BCUT2D eigenvalue weighted by molar-refractivity contribution is 7.90. The summed E-state index contributed by atoms with van der Waals surface area (Å²) in [4.78, 5) is 4.38. The van der Waals surface area contributed by atoms with Crippen LogP contribution in [0.1, 0.15) is 26.7 Å². The Kier molecular flexibility index (Phi) is 2.70. The van der Waals surface area contributed by atoms with Crippen LogP contribution in [0.3, 0.4) is 0 Å². The van der Waals surface area contributed by atoms with Crippen molar-refractivity contribution in [3.8, 4) is 0 Å². The summed E-state index contributed by atoms with van der Waals surface area (Å²) in [5.74, 6) is 0.0995. The predicted octanol–water partition coefficient (Wildman–Crippen LogP) is 1.70. The molecule has 74 valence electrons. The van der Waals surface area contributed by atoms with Gasteiger partial charge in [0.1, 0.15) is 4.91 Å². The average Bonchev–Trinajstić information content (AvgIpc) is 2.34. The molecule has 13 heavy (non-hydrogen) atoms. The van der Waals surface area contributed by atoms with Gasteiger partial charge >= 0.3 is 10.2 Å². The average molecular weight is 207 g/mol. The smallest absolute Gasteiger partial charge is 0.331 e. The van der Waals surface area contributed by atoms with E-state index in [9.17, 15) is 12.3 Å². The maximum atomic E-state index is 12.6. The van der Waals surface area contributed by atoms with Gasteiger partial charge in [-0.1, -0.05) is 12.1 Å². The van der Waals surface area contributed by atoms with Crippen molar-refractivity contribution in [2.24, 2.45) is 5.16 Å². The maximum absolute atomic E-state index is 12.6. The standard InChI is InChI=1S/C7H10FNO3S/c1-3-7(13(8,10)11)6-4-5(2)9-12-6/h3-4H2,1-2H3/b7-6-. The van der Waals surface area contributed by atoms with Crippen LogP contribution in [0.4, 0.5) is 3.89 Å². The van der Waals surface area contributed by atoms with Gasteiger partial charge in [-0.15, -0.1) is 3.89 Å². The second-order valence-corrected chi connectivity index (χ2v) is 4.10. The molecule has 0 aromatic carbocycles. The third-order valence-corrected chi connectivity index (χ3v) is 2.76. The van der Waals surface area contributed by atoms with E-state index in [0.29, 0.717) is 5.71 Å². The third kappa shape index (κ3) is 2.27. The van der Waals surface area contributed by atoms with Gasteiger partial charge in [-0.25, -0.2) is 0 Å². The van der Waals surface area contributed by atoms with Gasteiger partial charge in [-0.2, -0.15) is 8.42 Å². The maximum Gasteiger partial charge on any atom is 0.331 e. The monoisotopic (exact) mass is 207 g/mol. The van der Waals surface area contributed by atoms with E-state index < -0.39 is 10.2 Å². The van der Waals surface area contributed by atoms with Gasteiger partial charge < -0.3 is 4.84 Å². The third-order valence-electron chi connectivity index (χ3n) is 1.65. The molecular formula is C7H10FNO3S. The number of rotatable bonds is 2. The molecule has 1 heterocycles. The number of hydrogen-bond acceptors (Lipinski definition) is 4. The van der Waals surface area contributed by atoms with Crippen molar-refractivity contribution in [2.75, 3.05) is 0 Å². The Bertz CT molecular complexity index is 369. The summed E-state index contributed by atoms with van der Waals surface area (Å²) in [7, 11) is -4.64. The van der Waals surface area contributed by atoms with Crippen molar-refractivity contribution in [1.29, 1.82) is 0 Å². The Hall–Kier alpha value is -0.910. The van der Waals surface area contributed by atoms with Crippen molar-refractivity contribution < 1.29 is 17.1 Å². The molecule has 0 saturated carbocycles. The fourth-order valence-electron chi connectivity index (χ4n) is 1.08. The summed E-state index contributed by atoms with van der Waals surface area (Å²) < 4.78 is 33.8. The SMILES string of the molecule is CC/C(=C1\CC(C)=NO1)S(=O)(=O)F. The zero-order chi connectivity index (χ0) is 10.1. The first-order valence-corrected chi connectivity index (χ1v) is 5.20. The lowest BCUT2D eigenvalue weighted by Crippen LogP contribution is -2.00. The number of allylic oxidation sites excluding steroid dienone is 2. The summed E-state index contributed by atoms with van der Waals surface area (Å²) in [6.45, 7) is 3.24. The second kappa shape index (κ2) is 3.45. The number of halogens is 1. The molecule has 0 radical (unpaired) electrons. The lowest BCUT2D eigenvalue weighted by atomic mass is 10.2. The highest BCUT2D eigenvalue weighted by Crippen LogP contribution is 2.25. The van der Waals surface area contributed by atoms with Gasteiger partial charge in [0.2, 0.25) is 0 Å². The molecule has 1 rings (SSSR count). The highest BCUT2D eigenvalue weighted by atomic mass is 32.3. The van der Waals surface area contributed by atoms with Gasteiger partial charge in [0.05, 0.1) is 12.1 Å². The van der Waals surface area contributed by atoms with E-state index >= 15 is 0 Å². The highest BCUT2D eigenvalue weighted by Gasteiger charge is 2.24. The molecule has 0 atom stereocenters. The van der Waals surface area contributed by atoms with E-state index in [-0.39, 0.29) is 23.5 Å². The molecule has 0 bridgehead atoms. The molecule has 0 aromatic heterocycles. The Morgan fingerprint density at radius 3 is 2.62 bits per heavy atom. The quantitative estimate of drug-likeness (QED) is 0.647. The second-order valence-electron chi connectivity index (χ2n) is 2.73. The number of hydrogen-bond donors (Lipinski definition) is 0. The van der Waals surface area contributed by atoms with Crippen LogP contribution < -0.4 is 0 Å². The molecule has 0 fully saturated rings. The lowest BCUT2D eigenvalue weighted by molar-refractivity contribution is 0.241. The van der Waals surface area contributed by atoms with E-state index in [1.165, 1.54) is 0 Å². The van der Waals surface area contributed by atoms with E-state index in [4.69, 9.17) is 4.84 Å². The largest absolute Gasteiger partial charge is 0.360 e. The van der Waals surface area contributed by atoms with E-state index in [0.717, 1.165) is 0 Å². The number of oxime groups is 1. The summed E-state index contributed by atoms with van der Waals surface area (Å²) in [6, 6.07) is 0. The van der Waals surface area contributed by atoms with Crippen molar-refractivity contribution >= 4 is 15.9 Å². The van der Waals surface area contributed by atoms with Gasteiger partial charge in [0.25, 0.3) is 0 Å². The first kappa shape index (κ1) is 10.2. The van der Waals surface area contributed by atoms with Crippen LogP contribution in [0.2, 0.25) is 0 Å². The first-order chi connectivity index (χ1) is 5.95.